The Hall–Kier alpha value is -1.33. The van der Waals surface area contributed by atoms with Crippen LogP contribution < -0.4 is 11.2 Å². The third-order valence-corrected chi connectivity index (χ3v) is 4.27. The molecule has 0 aromatic carbocycles. The molecular weight excluding hydrogens is 347 g/mol. The monoisotopic (exact) mass is 366 g/mol. The van der Waals surface area contributed by atoms with E-state index >= 15 is 0 Å². The first-order valence-electron chi connectivity index (χ1n) is 6.94. The fourth-order valence-electron chi connectivity index (χ4n) is 2.69. The van der Waals surface area contributed by atoms with Gasteiger partial charge in [0.15, 0.2) is 6.23 Å². The van der Waals surface area contributed by atoms with Crippen molar-refractivity contribution in [3.63, 3.8) is 0 Å². The maximum absolute atomic E-state index is 12.0. The van der Waals surface area contributed by atoms with Crippen molar-refractivity contribution in [2.75, 3.05) is 14.2 Å². The van der Waals surface area contributed by atoms with Crippen LogP contribution in [0.5, 0.6) is 0 Å². The summed E-state index contributed by atoms with van der Waals surface area (Å²) in [6.45, 7) is 1.40. The maximum Gasteiger partial charge on any atom is 0.469 e. The minimum Gasteiger partial charge on any atom is -0.376 e. The average molecular weight is 366 g/mol. The number of phosphoric acid groups is 1. The number of hydrogen-bond acceptors (Lipinski definition) is 7. The van der Waals surface area contributed by atoms with Gasteiger partial charge in [0.25, 0.3) is 5.56 Å². The van der Waals surface area contributed by atoms with Gasteiger partial charge in [-0.1, -0.05) is 0 Å². The van der Waals surface area contributed by atoms with Crippen molar-refractivity contribution < 1.29 is 33.1 Å². The smallest absolute Gasteiger partial charge is 0.376 e. The fourth-order valence-corrected chi connectivity index (χ4v) is 3.24. The molecule has 1 aliphatic heterocycles. The van der Waals surface area contributed by atoms with Gasteiger partial charge in [-0.3, -0.25) is 18.9 Å². The van der Waals surface area contributed by atoms with Crippen LogP contribution in [0, 0.1) is 0 Å². The molecule has 4 unspecified atom stereocenters. The summed E-state index contributed by atoms with van der Waals surface area (Å²) < 4.78 is 33.1. The molecule has 1 aliphatic rings. The molecule has 3 N–H and O–H groups in total. The standard InChI is InChI=1S/C12H19N2O9P/c1-6(23-24(17,18)19)8-9(20-2)10(21-3)11(22-8)14-5-4-7(15)13-12(14)16/h4-6,8-11H,1-3H3,(H,13,15,16)(H2,17,18,19)/t6-,8?,9?,10?,11?/m1/s1. The lowest BCUT2D eigenvalue weighted by atomic mass is 10.1. The van der Waals surface area contributed by atoms with Gasteiger partial charge in [-0.15, -0.1) is 0 Å². The highest BCUT2D eigenvalue weighted by Gasteiger charge is 2.50. The zero-order valence-electron chi connectivity index (χ0n) is 13.2. The fraction of sp³-hybridized carbons (Fsp3) is 0.667. The van der Waals surface area contributed by atoms with Gasteiger partial charge in [-0.25, -0.2) is 9.36 Å². The highest BCUT2D eigenvalue weighted by atomic mass is 31.2. The number of aromatic nitrogens is 2. The van der Waals surface area contributed by atoms with Crippen molar-refractivity contribution in [3.8, 4) is 0 Å². The highest BCUT2D eigenvalue weighted by molar-refractivity contribution is 7.46. The summed E-state index contributed by atoms with van der Waals surface area (Å²) in [5.74, 6) is 0. The molecule has 0 radical (unpaired) electrons. The van der Waals surface area contributed by atoms with E-state index in [1.54, 1.807) is 0 Å². The topological polar surface area (TPSA) is 149 Å². The lowest BCUT2D eigenvalue weighted by molar-refractivity contribution is -0.0832. The van der Waals surface area contributed by atoms with Crippen LogP contribution in [0.1, 0.15) is 13.2 Å². The number of ether oxygens (including phenoxy) is 3. The number of phosphoric ester groups is 1. The average Bonchev–Trinajstić information content (AvgIpc) is 2.83. The SMILES string of the molecule is COC1C(OC)C(n2ccc(=O)[nH]c2=O)OC1[C@@H](C)OP(=O)(O)O. The number of nitrogens with zero attached hydrogens (tertiary/aromatic N) is 1. The molecule has 2 rings (SSSR count). The Morgan fingerprint density at radius 1 is 1.29 bits per heavy atom. The van der Waals surface area contributed by atoms with E-state index in [4.69, 9.17) is 24.0 Å². The van der Waals surface area contributed by atoms with E-state index in [0.29, 0.717) is 0 Å². The van der Waals surface area contributed by atoms with Crippen LogP contribution in [-0.2, 0) is 23.3 Å². The molecule has 12 heteroatoms. The van der Waals surface area contributed by atoms with Crippen LogP contribution in [-0.4, -0.2) is 58.0 Å². The number of nitrogens with one attached hydrogen (secondary N) is 1. The molecule has 0 bridgehead atoms. The van der Waals surface area contributed by atoms with Gasteiger partial charge in [-0.2, -0.15) is 0 Å². The Balaban J connectivity index is 2.35. The van der Waals surface area contributed by atoms with Crippen molar-refractivity contribution in [2.24, 2.45) is 0 Å². The number of methoxy groups -OCH3 is 2. The summed E-state index contributed by atoms with van der Waals surface area (Å²) in [4.78, 5) is 43.2. The number of aromatic amines is 1. The zero-order chi connectivity index (χ0) is 18.1. The summed E-state index contributed by atoms with van der Waals surface area (Å²) in [6.07, 6.45) is -3.24. The second kappa shape index (κ2) is 7.28. The Morgan fingerprint density at radius 2 is 1.92 bits per heavy atom. The first-order valence-corrected chi connectivity index (χ1v) is 8.47. The van der Waals surface area contributed by atoms with E-state index in [2.05, 4.69) is 9.51 Å². The van der Waals surface area contributed by atoms with Crippen LogP contribution in [0.3, 0.4) is 0 Å². The molecule has 0 aliphatic carbocycles. The molecule has 11 nitrogen and oxygen atoms in total. The predicted molar refractivity (Wildman–Crippen MR) is 79.4 cm³/mol. The largest absolute Gasteiger partial charge is 0.469 e. The van der Waals surface area contributed by atoms with E-state index in [1.165, 1.54) is 27.3 Å². The van der Waals surface area contributed by atoms with E-state index in [-0.39, 0.29) is 0 Å². The molecule has 0 saturated carbocycles. The van der Waals surface area contributed by atoms with Crippen molar-refractivity contribution in [2.45, 2.75) is 37.6 Å². The lowest BCUT2D eigenvalue weighted by Crippen LogP contribution is -2.41. The summed E-state index contributed by atoms with van der Waals surface area (Å²) in [7, 11) is -1.99. The van der Waals surface area contributed by atoms with E-state index in [9.17, 15) is 14.2 Å². The third-order valence-electron chi connectivity index (χ3n) is 3.66. The van der Waals surface area contributed by atoms with Gasteiger partial charge in [0.05, 0.1) is 6.10 Å². The molecular formula is C12H19N2O9P. The predicted octanol–water partition coefficient (Wildman–Crippen LogP) is -1.04. The quantitative estimate of drug-likeness (QED) is 0.537. The second-order valence-electron chi connectivity index (χ2n) is 5.21. The van der Waals surface area contributed by atoms with Crippen molar-refractivity contribution in [1.29, 1.82) is 0 Å². The summed E-state index contributed by atoms with van der Waals surface area (Å²) in [5.41, 5.74) is -1.28. The number of hydrogen-bond donors (Lipinski definition) is 3. The molecule has 1 aromatic rings. The van der Waals surface area contributed by atoms with Gasteiger partial charge < -0.3 is 24.0 Å². The van der Waals surface area contributed by atoms with Gasteiger partial charge >= 0.3 is 13.5 Å². The molecule has 136 valence electrons. The molecule has 1 aromatic heterocycles. The summed E-state index contributed by atoms with van der Waals surface area (Å²) in [5, 5.41) is 0. The number of H-pyrrole nitrogens is 1. The molecule has 5 atom stereocenters. The molecule has 1 fully saturated rings. The van der Waals surface area contributed by atoms with Crippen LogP contribution in [0.2, 0.25) is 0 Å². The highest BCUT2D eigenvalue weighted by Crippen LogP contribution is 2.42. The first kappa shape index (κ1) is 19.0. The molecule has 2 heterocycles. The van der Waals surface area contributed by atoms with Crippen molar-refractivity contribution in [1.82, 2.24) is 9.55 Å². The van der Waals surface area contributed by atoms with Crippen LogP contribution in [0.25, 0.3) is 0 Å². The third kappa shape index (κ3) is 4.01. The zero-order valence-corrected chi connectivity index (χ0v) is 14.1. The summed E-state index contributed by atoms with van der Waals surface area (Å²) >= 11 is 0. The Bertz CT molecular complexity index is 726. The molecule has 0 amide bonds. The van der Waals surface area contributed by atoms with Gasteiger partial charge in [0.2, 0.25) is 0 Å². The van der Waals surface area contributed by atoms with Gasteiger partial charge in [0.1, 0.15) is 18.3 Å². The van der Waals surface area contributed by atoms with Crippen LogP contribution in [0.4, 0.5) is 0 Å². The molecule has 1 saturated heterocycles. The Morgan fingerprint density at radius 3 is 2.42 bits per heavy atom. The van der Waals surface area contributed by atoms with Gasteiger partial charge in [0, 0.05) is 26.5 Å². The van der Waals surface area contributed by atoms with Crippen molar-refractivity contribution >= 4 is 7.82 Å². The molecule has 0 spiro atoms. The van der Waals surface area contributed by atoms with Crippen LogP contribution in [0.15, 0.2) is 21.9 Å². The second-order valence-corrected chi connectivity index (χ2v) is 6.40. The Labute approximate surface area is 136 Å². The number of rotatable bonds is 6. The van der Waals surface area contributed by atoms with E-state index < -0.39 is 49.7 Å². The minimum absolute atomic E-state index is 0.568. The van der Waals surface area contributed by atoms with Crippen molar-refractivity contribution in [3.05, 3.63) is 33.1 Å². The first-order chi connectivity index (χ1) is 11.2. The van der Waals surface area contributed by atoms with Gasteiger partial charge in [-0.05, 0) is 6.92 Å². The summed E-state index contributed by atoms with van der Waals surface area (Å²) in [6, 6.07) is 1.14. The normalized spacial score (nSPS) is 28.9. The van der Waals surface area contributed by atoms with E-state index in [1.807, 2.05) is 0 Å². The lowest BCUT2D eigenvalue weighted by Gasteiger charge is -2.25. The Kier molecular flexibility index (Phi) is 5.76. The van der Waals surface area contributed by atoms with E-state index in [0.717, 1.165) is 10.6 Å². The van der Waals surface area contributed by atoms with Crippen LogP contribution >= 0.6 is 7.82 Å². The maximum atomic E-state index is 12.0. The molecule has 24 heavy (non-hydrogen) atoms. The minimum atomic E-state index is -4.74.